The van der Waals surface area contributed by atoms with Crippen LogP contribution in [0.5, 0.6) is 11.5 Å². The second kappa shape index (κ2) is 11.4. The molecule has 0 amide bonds. The number of pyridine rings is 1. The number of methoxy groups -OCH3 is 1. The Morgan fingerprint density at radius 3 is 2.36 bits per heavy atom. The number of hydrogen-bond acceptors (Lipinski definition) is 6. The molecule has 0 radical (unpaired) electrons. The van der Waals surface area contributed by atoms with Gasteiger partial charge >= 0.3 is 5.97 Å². The fraction of sp³-hybridized carbons (Fsp3) is 0.379. The summed E-state index contributed by atoms with van der Waals surface area (Å²) in [4.78, 5) is 28.4. The van der Waals surface area contributed by atoms with Gasteiger partial charge in [0.05, 0.1) is 37.8 Å². The summed E-state index contributed by atoms with van der Waals surface area (Å²) in [7, 11) is 1.61. The minimum atomic E-state index is -0.464. The van der Waals surface area contributed by atoms with Crippen LogP contribution in [0, 0.1) is 12.8 Å². The van der Waals surface area contributed by atoms with E-state index >= 15 is 0 Å². The maximum atomic E-state index is 13.9. The number of aryl methyl sites for hydroxylation is 1. The molecule has 0 spiro atoms. The Morgan fingerprint density at radius 2 is 1.75 bits per heavy atom. The third-order valence-electron chi connectivity index (χ3n) is 6.93. The van der Waals surface area contributed by atoms with E-state index < -0.39 is 6.04 Å². The molecule has 0 bridgehead atoms. The van der Waals surface area contributed by atoms with Crippen molar-refractivity contribution in [2.75, 3.05) is 26.8 Å². The minimum Gasteiger partial charge on any atom is -0.507 e. The Bertz CT molecular complexity index is 1230. The molecule has 0 saturated carbocycles. The van der Waals surface area contributed by atoms with Crippen LogP contribution in [0.25, 0.3) is 0 Å². The van der Waals surface area contributed by atoms with Gasteiger partial charge in [0, 0.05) is 5.69 Å². The predicted molar refractivity (Wildman–Crippen MR) is 138 cm³/mol. The van der Waals surface area contributed by atoms with Crippen LogP contribution in [0.2, 0.25) is 0 Å². The lowest BCUT2D eigenvalue weighted by molar-refractivity contribution is -0.149. The highest BCUT2D eigenvalue weighted by Gasteiger charge is 2.34. The van der Waals surface area contributed by atoms with E-state index in [0.29, 0.717) is 56.1 Å². The molecule has 3 aromatic rings. The van der Waals surface area contributed by atoms with Crippen molar-refractivity contribution in [2.45, 2.75) is 39.3 Å². The maximum Gasteiger partial charge on any atom is 0.309 e. The lowest BCUT2D eigenvalue weighted by atomic mass is 9.91. The molecule has 36 heavy (non-hydrogen) atoms. The summed E-state index contributed by atoms with van der Waals surface area (Å²) in [5, 5.41) is 11.1. The largest absolute Gasteiger partial charge is 0.507 e. The molecule has 2 heterocycles. The molecule has 1 N–H and O–H groups in total. The zero-order valence-electron chi connectivity index (χ0n) is 21.1. The van der Waals surface area contributed by atoms with Crippen molar-refractivity contribution in [2.24, 2.45) is 5.92 Å². The first-order chi connectivity index (χ1) is 17.4. The Hall–Kier alpha value is -3.58. The van der Waals surface area contributed by atoms with Crippen LogP contribution in [0.4, 0.5) is 0 Å². The lowest BCUT2D eigenvalue weighted by Gasteiger charge is -2.37. The Morgan fingerprint density at radius 1 is 1.08 bits per heavy atom. The molecule has 1 saturated heterocycles. The molecule has 1 aliphatic heterocycles. The monoisotopic (exact) mass is 490 g/mol. The van der Waals surface area contributed by atoms with Gasteiger partial charge in [-0.3, -0.25) is 14.5 Å². The van der Waals surface area contributed by atoms with E-state index in [1.54, 1.807) is 17.7 Å². The number of benzene rings is 2. The average Bonchev–Trinajstić information content (AvgIpc) is 2.90. The molecule has 7 nitrogen and oxygen atoms in total. The summed E-state index contributed by atoms with van der Waals surface area (Å²) >= 11 is 0. The zero-order valence-corrected chi connectivity index (χ0v) is 21.1. The maximum absolute atomic E-state index is 13.9. The third-order valence-corrected chi connectivity index (χ3v) is 6.93. The highest BCUT2D eigenvalue weighted by atomic mass is 16.5. The average molecular weight is 491 g/mol. The summed E-state index contributed by atoms with van der Waals surface area (Å²) in [5.74, 6) is 0.379. The molecule has 4 rings (SSSR count). The molecule has 1 aromatic heterocycles. The number of carbonyl (C=O) groups excluding carboxylic acids is 1. The fourth-order valence-corrected chi connectivity index (χ4v) is 4.99. The number of esters is 1. The molecule has 1 atom stereocenters. The van der Waals surface area contributed by atoms with Gasteiger partial charge in [-0.1, -0.05) is 42.5 Å². The van der Waals surface area contributed by atoms with Crippen LogP contribution < -0.4 is 10.3 Å². The number of hydrogen-bond donors (Lipinski definition) is 1. The van der Waals surface area contributed by atoms with Gasteiger partial charge in [0.2, 0.25) is 0 Å². The van der Waals surface area contributed by atoms with Gasteiger partial charge in [-0.25, -0.2) is 0 Å². The van der Waals surface area contributed by atoms with Crippen molar-refractivity contribution in [1.29, 1.82) is 0 Å². The molecule has 7 heteroatoms. The van der Waals surface area contributed by atoms with E-state index in [1.807, 2.05) is 68.4 Å². The first kappa shape index (κ1) is 25.5. The fourth-order valence-electron chi connectivity index (χ4n) is 4.99. The number of ether oxygens (including phenoxy) is 2. The number of rotatable bonds is 8. The van der Waals surface area contributed by atoms with Crippen molar-refractivity contribution in [3.63, 3.8) is 0 Å². The summed E-state index contributed by atoms with van der Waals surface area (Å²) in [6.45, 7) is 5.64. The van der Waals surface area contributed by atoms with Crippen LogP contribution >= 0.6 is 0 Å². The number of piperidine rings is 1. The molecule has 1 fully saturated rings. The SMILES string of the molecule is CCOC(=O)C1CCN(C(c2ccc(OC)cc2)c2c(O)cc(C)n(Cc3ccccc3)c2=O)CC1. The smallest absolute Gasteiger partial charge is 0.309 e. The van der Waals surface area contributed by atoms with Gasteiger partial charge in [-0.15, -0.1) is 0 Å². The number of nitrogens with zero attached hydrogens (tertiary/aromatic N) is 2. The Kier molecular flexibility index (Phi) is 8.10. The van der Waals surface area contributed by atoms with Crippen molar-refractivity contribution >= 4 is 5.97 Å². The van der Waals surface area contributed by atoms with Crippen molar-refractivity contribution in [3.8, 4) is 11.5 Å². The standard InChI is InChI=1S/C29H34N2O5/c1-4-36-29(34)23-14-16-30(17-15-23)27(22-10-12-24(35-3)13-11-22)26-25(32)18-20(2)31(28(26)33)19-21-8-6-5-7-9-21/h5-13,18,23,27,32H,4,14-17,19H2,1-3H3. The van der Waals surface area contributed by atoms with Gasteiger partial charge in [-0.05, 0) is 69.1 Å². The van der Waals surface area contributed by atoms with E-state index in [2.05, 4.69) is 4.90 Å². The van der Waals surface area contributed by atoms with Crippen LogP contribution in [0.15, 0.2) is 65.5 Å². The topological polar surface area (TPSA) is 81.0 Å². The number of carbonyl (C=O) groups is 1. The zero-order chi connectivity index (χ0) is 25.7. The second-order valence-corrected chi connectivity index (χ2v) is 9.20. The second-order valence-electron chi connectivity index (χ2n) is 9.20. The Balaban J connectivity index is 1.75. The minimum absolute atomic E-state index is 0.0184. The quantitative estimate of drug-likeness (QED) is 0.475. The van der Waals surface area contributed by atoms with Gasteiger partial charge in [0.15, 0.2) is 0 Å². The summed E-state index contributed by atoms with van der Waals surface area (Å²) in [5.41, 5.74) is 2.71. The van der Waals surface area contributed by atoms with Crippen molar-refractivity contribution < 1.29 is 19.4 Å². The molecular weight excluding hydrogens is 456 g/mol. The highest BCUT2D eigenvalue weighted by molar-refractivity contribution is 5.72. The van der Waals surface area contributed by atoms with Gasteiger partial charge in [0.25, 0.3) is 5.56 Å². The van der Waals surface area contributed by atoms with Gasteiger partial charge in [-0.2, -0.15) is 0 Å². The molecular formula is C29H34N2O5. The molecule has 1 aliphatic rings. The molecule has 2 aromatic carbocycles. The predicted octanol–water partition coefficient (Wildman–Crippen LogP) is 4.28. The van der Waals surface area contributed by atoms with Crippen molar-refractivity contribution in [3.05, 3.63) is 93.4 Å². The van der Waals surface area contributed by atoms with Crippen LogP contribution in [0.3, 0.4) is 0 Å². The van der Waals surface area contributed by atoms with E-state index in [-0.39, 0.29) is 23.2 Å². The Labute approximate surface area is 211 Å². The van der Waals surface area contributed by atoms with Crippen LogP contribution in [0.1, 0.15) is 48.2 Å². The summed E-state index contributed by atoms with van der Waals surface area (Å²) < 4.78 is 12.3. The van der Waals surface area contributed by atoms with Crippen LogP contribution in [-0.2, 0) is 16.1 Å². The molecule has 190 valence electrons. The molecule has 0 aliphatic carbocycles. The number of aromatic nitrogens is 1. The summed E-state index contributed by atoms with van der Waals surface area (Å²) in [6.07, 6.45) is 1.27. The lowest BCUT2D eigenvalue weighted by Crippen LogP contribution is -2.42. The van der Waals surface area contributed by atoms with E-state index in [4.69, 9.17) is 9.47 Å². The summed E-state index contributed by atoms with van der Waals surface area (Å²) in [6, 6.07) is 18.6. The molecule has 1 unspecified atom stereocenters. The first-order valence-corrected chi connectivity index (χ1v) is 12.4. The van der Waals surface area contributed by atoms with E-state index in [9.17, 15) is 14.7 Å². The van der Waals surface area contributed by atoms with E-state index in [0.717, 1.165) is 11.1 Å². The normalized spacial score (nSPS) is 15.4. The number of aromatic hydroxyl groups is 1. The van der Waals surface area contributed by atoms with Crippen LogP contribution in [-0.4, -0.2) is 47.3 Å². The van der Waals surface area contributed by atoms with E-state index in [1.165, 1.54) is 0 Å². The first-order valence-electron chi connectivity index (χ1n) is 12.4. The third kappa shape index (κ3) is 5.46. The van der Waals surface area contributed by atoms with Crippen molar-refractivity contribution in [1.82, 2.24) is 9.47 Å². The number of likely N-dealkylation sites (tertiary alicyclic amines) is 1. The highest BCUT2D eigenvalue weighted by Crippen LogP contribution is 2.36. The van der Waals surface area contributed by atoms with Gasteiger partial charge < -0.3 is 19.1 Å². The van der Waals surface area contributed by atoms with Gasteiger partial charge in [0.1, 0.15) is 11.5 Å².